The van der Waals surface area contributed by atoms with Crippen LogP contribution in [-0.4, -0.2) is 60.8 Å². The highest BCUT2D eigenvalue weighted by molar-refractivity contribution is 5.91. The van der Waals surface area contributed by atoms with E-state index in [4.69, 9.17) is 14.2 Å². The van der Waals surface area contributed by atoms with Gasteiger partial charge < -0.3 is 35.5 Å². The van der Waals surface area contributed by atoms with Gasteiger partial charge in [0.1, 0.15) is 30.0 Å². The van der Waals surface area contributed by atoms with Crippen LogP contribution in [0.3, 0.4) is 0 Å². The zero-order chi connectivity index (χ0) is 39.3. The molecule has 11 heteroatoms. The van der Waals surface area contributed by atoms with Crippen LogP contribution in [0.5, 0.6) is 5.75 Å². The highest BCUT2D eigenvalue weighted by atomic mass is 16.6. The number of benzene rings is 3. The minimum atomic E-state index is -1.07. The van der Waals surface area contributed by atoms with Crippen LogP contribution < -0.4 is 26.0 Å². The summed E-state index contributed by atoms with van der Waals surface area (Å²) >= 11 is 0. The van der Waals surface area contributed by atoms with E-state index in [0.29, 0.717) is 18.3 Å². The first-order valence-electron chi connectivity index (χ1n) is 19.6. The third-order valence-corrected chi connectivity index (χ3v) is 10.3. The van der Waals surface area contributed by atoms with Gasteiger partial charge in [-0.2, -0.15) is 0 Å². The Hall–Kier alpha value is -4.90. The van der Waals surface area contributed by atoms with E-state index in [1.807, 2.05) is 85.8 Å². The molecule has 3 aromatic rings. The van der Waals surface area contributed by atoms with E-state index >= 15 is 0 Å². The van der Waals surface area contributed by atoms with Crippen LogP contribution in [0.25, 0.3) is 0 Å². The van der Waals surface area contributed by atoms with E-state index in [1.165, 1.54) is 12.8 Å². The van der Waals surface area contributed by atoms with Gasteiger partial charge in [0.05, 0.1) is 6.10 Å². The average Bonchev–Trinajstić information content (AvgIpc) is 3.15. The van der Waals surface area contributed by atoms with Gasteiger partial charge in [0.15, 0.2) is 0 Å². The van der Waals surface area contributed by atoms with E-state index < -0.39 is 35.7 Å². The molecule has 1 heterocycles. The number of piperidine rings is 1. The number of amides is 3. The lowest BCUT2D eigenvalue weighted by Gasteiger charge is -2.49. The Morgan fingerprint density at radius 2 is 1.56 bits per heavy atom. The molecule has 1 saturated heterocycles. The summed E-state index contributed by atoms with van der Waals surface area (Å²) in [4.78, 5) is 53.2. The number of carbonyl (C=O) groups excluding carboxylic acids is 4. The number of rotatable bonds is 17. The Bertz CT molecular complexity index is 1710. The average molecular weight is 755 g/mol. The number of alkyl carbamates (subject to hydrolysis) is 1. The molecule has 1 unspecified atom stereocenters. The summed E-state index contributed by atoms with van der Waals surface area (Å²) in [5.74, 6) is -0.514. The lowest BCUT2D eigenvalue weighted by Crippen LogP contribution is -2.53. The van der Waals surface area contributed by atoms with Gasteiger partial charge in [-0.15, -0.1) is 0 Å². The predicted octanol–water partition coefficient (Wildman–Crippen LogP) is 6.45. The van der Waals surface area contributed by atoms with Crippen LogP contribution in [-0.2, 0) is 43.4 Å². The Kier molecular flexibility index (Phi) is 14.7. The summed E-state index contributed by atoms with van der Waals surface area (Å²) in [6.07, 6.45) is 5.26. The fourth-order valence-corrected chi connectivity index (χ4v) is 7.29. The van der Waals surface area contributed by atoms with Gasteiger partial charge in [-0.1, -0.05) is 66.7 Å². The lowest BCUT2D eigenvalue weighted by atomic mass is 9.63. The van der Waals surface area contributed by atoms with Crippen molar-refractivity contribution in [3.05, 3.63) is 101 Å². The van der Waals surface area contributed by atoms with Crippen LogP contribution >= 0.6 is 0 Å². The maximum absolute atomic E-state index is 13.9. The number of hydrogen-bond donors (Lipinski definition) is 4. The molecule has 2 atom stereocenters. The second-order valence-corrected chi connectivity index (χ2v) is 16.1. The van der Waals surface area contributed by atoms with Crippen molar-refractivity contribution in [1.82, 2.24) is 21.3 Å². The van der Waals surface area contributed by atoms with Gasteiger partial charge in [-0.25, -0.2) is 4.79 Å². The third kappa shape index (κ3) is 13.4. The largest absolute Gasteiger partial charge is 0.490 e. The molecule has 55 heavy (non-hydrogen) atoms. The summed E-state index contributed by atoms with van der Waals surface area (Å²) in [6.45, 7) is 9.78. The molecule has 11 nitrogen and oxygen atoms in total. The van der Waals surface area contributed by atoms with Crippen molar-refractivity contribution < 1.29 is 33.4 Å². The molecular weight excluding hydrogens is 697 g/mol. The molecule has 0 bridgehead atoms. The minimum absolute atomic E-state index is 0.0194. The molecular formula is C44H58N4O7. The molecule has 296 valence electrons. The third-order valence-electron chi connectivity index (χ3n) is 10.3. The molecule has 2 aliphatic rings. The second-order valence-electron chi connectivity index (χ2n) is 16.1. The number of hydrogen-bond acceptors (Lipinski definition) is 8. The van der Waals surface area contributed by atoms with Crippen molar-refractivity contribution >= 4 is 23.9 Å². The summed E-state index contributed by atoms with van der Waals surface area (Å²) in [6, 6.07) is 23.0. The highest BCUT2D eigenvalue weighted by Crippen LogP contribution is 2.47. The van der Waals surface area contributed by atoms with Crippen molar-refractivity contribution in [2.24, 2.45) is 5.41 Å². The summed E-state index contributed by atoms with van der Waals surface area (Å²) < 4.78 is 17.2. The molecule has 3 amide bonds. The van der Waals surface area contributed by atoms with E-state index in [9.17, 15) is 19.2 Å². The first kappa shape index (κ1) is 41.3. The summed E-state index contributed by atoms with van der Waals surface area (Å²) in [5, 5.41) is 12.1. The van der Waals surface area contributed by atoms with E-state index in [1.54, 1.807) is 20.8 Å². The molecule has 3 aromatic carbocycles. The molecule has 1 aliphatic carbocycles. The smallest absolute Gasteiger partial charge is 0.408 e. The zero-order valence-electron chi connectivity index (χ0n) is 32.8. The molecule has 1 saturated carbocycles. The van der Waals surface area contributed by atoms with Gasteiger partial charge in [0, 0.05) is 19.5 Å². The Labute approximate surface area is 325 Å². The van der Waals surface area contributed by atoms with Crippen molar-refractivity contribution in [3.8, 4) is 5.75 Å². The molecule has 0 radical (unpaired) electrons. The molecule has 1 aliphatic heterocycles. The summed E-state index contributed by atoms with van der Waals surface area (Å²) in [7, 11) is 0. The van der Waals surface area contributed by atoms with Crippen molar-refractivity contribution in [2.75, 3.05) is 13.1 Å². The molecule has 4 N–H and O–H groups in total. The van der Waals surface area contributed by atoms with Crippen LogP contribution in [0, 0.1) is 12.3 Å². The van der Waals surface area contributed by atoms with Gasteiger partial charge in [0.25, 0.3) is 0 Å². The van der Waals surface area contributed by atoms with Crippen LogP contribution in [0.1, 0.15) is 94.4 Å². The topological polar surface area (TPSA) is 144 Å². The summed E-state index contributed by atoms with van der Waals surface area (Å²) in [5.41, 5.74) is 3.47. The minimum Gasteiger partial charge on any atom is -0.490 e. The van der Waals surface area contributed by atoms with Crippen molar-refractivity contribution in [1.29, 1.82) is 0 Å². The van der Waals surface area contributed by atoms with E-state index in [0.717, 1.165) is 53.9 Å². The maximum atomic E-state index is 13.9. The number of esters is 1. The molecule has 2 fully saturated rings. The standard InChI is InChI=1S/C44H58N4O7/c1-31-19-21-35(54-36-26-44(27-36)23-12-24-45-30-44)25-34(31)28-46-40(50)38(22-20-32-13-7-5-8-14-32)47-41(51)37(17-11-18-39(49)55-43(2,3)4)48-42(52)53-29-33-15-9-6-10-16-33/h5-10,13-16,19,21,25,36-38,45H,11-12,17-18,20,22-24,26-30H2,1-4H3,(H,46,50)(H,47,51)(H,48,52)/t36?,37-,38?,44?/m0/s1. The number of nitrogens with one attached hydrogen (secondary N) is 4. The van der Waals surface area contributed by atoms with Crippen LogP contribution in [0.2, 0.25) is 0 Å². The molecule has 1 spiro atoms. The quantitative estimate of drug-likeness (QED) is 0.115. The van der Waals surface area contributed by atoms with Gasteiger partial charge in [0.2, 0.25) is 11.8 Å². The number of ether oxygens (including phenoxy) is 3. The van der Waals surface area contributed by atoms with Gasteiger partial charge in [-0.05, 0) is 125 Å². The maximum Gasteiger partial charge on any atom is 0.408 e. The lowest BCUT2D eigenvalue weighted by molar-refractivity contribution is -0.155. The van der Waals surface area contributed by atoms with Gasteiger partial charge >= 0.3 is 12.1 Å². The zero-order valence-corrected chi connectivity index (χ0v) is 32.8. The Morgan fingerprint density at radius 3 is 2.24 bits per heavy atom. The number of carbonyl (C=O) groups is 4. The SMILES string of the molecule is Cc1ccc(OC2CC3(CCCNC3)C2)cc1CNC(=O)C(CCc1ccccc1)NC(=O)[C@H](CCCC(=O)OC(C)(C)C)NC(=O)OCc1ccccc1. The normalized spacial score (nSPS) is 18.9. The monoisotopic (exact) mass is 754 g/mol. The predicted molar refractivity (Wildman–Crippen MR) is 211 cm³/mol. The number of aryl methyl sites for hydroxylation is 2. The molecule has 0 aromatic heterocycles. The Balaban J connectivity index is 1.23. The second kappa shape index (κ2) is 19.6. The van der Waals surface area contributed by atoms with Gasteiger partial charge in [-0.3, -0.25) is 14.4 Å². The molecule has 5 rings (SSSR count). The highest BCUT2D eigenvalue weighted by Gasteiger charge is 2.46. The first-order chi connectivity index (χ1) is 26.4. The van der Waals surface area contributed by atoms with Crippen molar-refractivity contribution in [3.63, 3.8) is 0 Å². The van der Waals surface area contributed by atoms with Crippen LogP contribution in [0.15, 0.2) is 78.9 Å². The van der Waals surface area contributed by atoms with E-state index in [-0.39, 0.29) is 44.4 Å². The van der Waals surface area contributed by atoms with Crippen molar-refractivity contribution in [2.45, 2.75) is 122 Å². The first-order valence-corrected chi connectivity index (χ1v) is 19.6. The fourth-order valence-electron chi connectivity index (χ4n) is 7.29. The van der Waals surface area contributed by atoms with E-state index in [2.05, 4.69) is 21.3 Å². The Morgan fingerprint density at radius 1 is 0.873 bits per heavy atom. The van der Waals surface area contributed by atoms with Crippen LogP contribution in [0.4, 0.5) is 4.79 Å². The fraction of sp³-hybridized carbons (Fsp3) is 0.500.